The monoisotopic (exact) mass is 177 g/mol. The summed E-state index contributed by atoms with van der Waals surface area (Å²) in [5.74, 6) is 2.35. The van der Waals surface area contributed by atoms with E-state index in [9.17, 15) is 0 Å². The smallest absolute Gasteiger partial charge is 0.0584 e. The first-order chi connectivity index (χ1) is 5.22. The number of thioether (sulfide) groups is 1. The molecule has 0 saturated heterocycles. The molecule has 0 aliphatic heterocycles. The minimum Gasteiger partial charge on any atom is -0.395 e. The Morgan fingerprint density at radius 1 is 1.55 bits per heavy atom. The van der Waals surface area contributed by atoms with E-state index in [-0.39, 0.29) is 6.61 Å². The summed E-state index contributed by atoms with van der Waals surface area (Å²) >= 11 is 1.94. The lowest BCUT2D eigenvalue weighted by atomic mass is 10.3. The molecule has 0 saturated carbocycles. The molecule has 3 heteroatoms. The van der Waals surface area contributed by atoms with Crippen LogP contribution in [0.2, 0.25) is 0 Å². The van der Waals surface area contributed by atoms with E-state index in [0.717, 1.165) is 12.3 Å². The second-order valence-electron chi connectivity index (χ2n) is 2.71. The highest BCUT2D eigenvalue weighted by Crippen LogP contribution is 2.00. The van der Waals surface area contributed by atoms with Crippen LogP contribution >= 0.6 is 11.8 Å². The summed E-state index contributed by atoms with van der Waals surface area (Å²) in [5, 5.41) is 8.81. The van der Waals surface area contributed by atoms with Crippen molar-refractivity contribution < 1.29 is 5.11 Å². The lowest BCUT2D eigenvalue weighted by molar-refractivity contribution is 0.165. The Morgan fingerprint density at radius 3 is 2.64 bits per heavy atom. The van der Waals surface area contributed by atoms with Crippen LogP contribution in [-0.4, -0.2) is 47.8 Å². The van der Waals surface area contributed by atoms with Gasteiger partial charge in [-0.3, -0.25) is 0 Å². The molecule has 1 N–H and O–H groups in total. The normalized spacial score (nSPS) is 13.9. The quantitative estimate of drug-likeness (QED) is 0.614. The van der Waals surface area contributed by atoms with Crippen molar-refractivity contribution in [2.45, 2.75) is 19.9 Å². The molecule has 0 aliphatic carbocycles. The third-order valence-corrected chi connectivity index (χ3v) is 2.69. The third-order valence-electron chi connectivity index (χ3n) is 1.81. The Hall–Kier alpha value is 0.270. The Bertz CT molecular complexity index is 90.2. The van der Waals surface area contributed by atoms with Crippen LogP contribution in [0.3, 0.4) is 0 Å². The summed E-state index contributed by atoms with van der Waals surface area (Å²) in [6.07, 6.45) is 0. The maximum Gasteiger partial charge on any atom is 0.0584 e. The fourth-order valence-corrected chi connectivity index (χ4v) is 1.42. The van der Waals surface area contributed by atoms with Gasteiger partial charge in [-0.1, -0.05) is 6.92 Å². The topological polar surface area (TPSA) is 23.5 Å². The highest BCUT2D eigenvalue weighted by molar-refractivity contribution is 7.99. The second kappa shape index (κ2) is 6.95. The summed E-state index contributed by atoms with van der Waals surface area (Å²) in [6, 6.07) is 0.299. The molecule has 1 unspecified atom stereocenters. The third kappa shape index (κ3) is 5.53. The molecular weight excluding hydrogens is 158 g/mol. The van der Waals surface area contributed by atoms with Gasteiger partial charge in [0.05, 0.1) is 6.61 Å². The fraction of sp³-hybridized carbons (Fsp3) is 1.00. The van der Waals surface area contributed by atoms with Crippen LogP contribution in [0, 0.1) is 0 Å². The van der Waals surface area contributed by atoms with Crippen molar-refractivity contribution in [3.05, 3.63) is 0 Å². The van der Waals surface area contributed by atoms with Gasteiger partial charge >= 0.3 is 0 Å². The first kappa shape index (κ1) is 11.3. The number of hydrogen-bond donors (Lipinski definition) is 1. The highest BCUT2D eigenvalue weighted by Gasteiger charge is 2.05. The van der Waals surface area contributed by atoms with E-state index in [4.69, 9.17) is 5.11 Å². The number of rotatable bonds is 6. The Labute approximate surface area is 74.0 Å². The predicted molar refractivity (Wildman–Crippen MR) is 52.2 cm³/mol. The Morgan fingerprint density at radius 2 is 2.18 bits per heavy atom. The molecule has 0 fully saturated rings. The summed E-state index contributed by atoms with van der Waals surface area (Å²) in [6.45, 7) is 5.53. The zero-order chi connectivity index (χ0) is 8.69. The van der Waals surface area contributed by atoms with E-state index in [0.29, 0.717) is 6.04 Å². The molecule has 0 amide bonds. The van der Waals surface area contributed by atoms with Crippen LogP contribution < -0.4 is 0 Å². The minimum atomic E-state index is 0.257. The standard InChI is InChI=1S/C8H19NOS/c1-4-11-6-5-9(3)8(2)7-10/h8,10H,4-7H2,1-3H3. The SMILES string of the molecule is CCSCCN(C)C(C)CO. The van der Waals surface area contributed by atoms with Crippen molar-refractivity contribution >= 4 is 11.8 Å². The molecule has 0 bridgehead atoms. The first-order valence-electron chi connectivity index (χ1n) is 4.11. The molecule has 0 aliphatic rings. The average Bonchev–Trinajstić information content (AvgIpc) is 2.03. The van der Waals surface area contributed by atoms with Gasteiger partial charge in [0.15, 0.2) is 0 Å². The van der Waals surface area contributed by atoms with Crippen molar-refractivity contribution in [1.29, 1.82) is 0 Å². The van der Waals surface area contributed by atoms with Gasteiger partial charge in [0.2, 0.25) is 0 Å². The van der Waals surface area contributed by atoms with Gasteiger partial charge in [-0.25, -0.2) is 0 Å². The van der Waals surface area contributed by atoms with E-state index in [1.165, 1.54) is 5.75 Å². The van der Waals surface area contributed by atoms with E-state index in [1.807, 2.05) is 18.7 Å². The van der Waals surface area contributed by atoms with Gasteiger partial charge in [-0.05, 0) is 19.7 Å². The summed E-state index contributed by atoms with van der Waals surface area (Å²) in [4.78, 5) is 2.18. The van der Waals surface area contributed by atoms with Crippen molar-refractivity contribution in [2.75, 3.05) is 31.7 Å². The van der Waals surface area contributed by atoms with E-state index < -0.39 is 0 Å². The Kier molecular flexibility index (Phi) is 7.12. The minimum absolute atomic E-state index is 0.257. The van der Waals surface area contributed by atoms with E-state index in [1.54, 1.807) is 0 Å². The van der Waals surface area contributed by atoms with Crippen LogP contribution in [0.4, 0.5) is 0 Å². The number of aliphatic hydroxyl groups is 1. The van der Waals surface area contributed by atoms with Gasteiger partial charge in [-0.15, -0.1) is 0 Å². The van der Waals surface area contributed by atoms with Crippen LogP contribution in [0.5, 0.6) is 0 Å². The van der Waals surface area contributed by atoms with Crippen molar-refractivity contribution in [1.82, 2.24) is 4.90 Å². The first-order valence-corrected chi connectivity index (χ1v) is 5.26. The Balaban J connectivity index is 3.28. The molecular formula is C8H19NOS. The lowest BCUT2D eigenvalue weighted by Crippen LogP contribution is -2.33. The molecule has 68 valence electrons. The van der Waals surface area contributed by atoms with E-state index in [2.05, 4.69) is 18.9 Å². The molecule has 0 radical (unpaired) electrons. The number of likely N-dealkylation sites (N-methyl/N-ethyl adjacent to an activating group) is 1. The molecule has 0 spiro atoms. The number of hydrogen-bond acceptors (Lipinski definition) is 3. The average molecular weight is 177 g/mol. The van der Waals surface area contributed by atoms with Crippen LogP contribution in [0.1, 0.15) is 13.8 Å². The van der Waals surface area contributed by atoms with Crippen molar-refractivity contribution in [3.63, 3.8) is 0 Å². The predicted octanol–water partition coefficient (Wildman–Crippen LogP) is 1.05. The second-order valence-corrected chi connectivity index (χ2v) is 4.10. The number of nitrogens with zero attached hydrogens (tertiary/aromatic N) is 1. The lowest BCUT2D eigenvalue weighted by Gasteiger charge is -2.22. The summed E-state index contributed by atoms with van der Waals surface area (Å²) in [7, 11) is 2.05. The molecule has 2 nitrogen and oxygen atoms in total. The highest BCUT2D eigenvalue weighted by atomic mass is 32.2. The maximum atomic E-state index is 8.81. The van der Waals surface area contributed by atoms with Crippen molar-refractivity contribution in [3.8, 4) is 0 Å². The largest absolute Gasteiger partial charge is 0.395 e. The van der Waals surface area contributed by atoms with Crippen LogP contribution in [0.15, 0.2) is 0 Å². The molecule has 0 aromatic heterocycles. The fourth-order valence-electron chi connectivity index (χ4n) is 0.713. The molecule has 0 heterocycles. The van der Waals surface area contributed by atoms with Gasteiger partial charge in [0, 0.05) is 18.3 Å². The zero-order valence-electron chi connectivity index (χ0n) is 7.71. The zero-order valence-corrected chi connectivity index (χ0v) is 8.52. The molecule has 0 aromatic carbocycles. The molecule has 11 heavy (non-hydrogen) atoms. The summed E-state index contributed by atoms with van der Waals surface area (Å²) in [5.41, 5.74) is 0. The van der Waals surface area contributed by atoms with Crippen LogP contribution in [-0.2, 0) is 0 Å². The molecule has 1 atom stereocenters. The molecule has 0 aromatic rings. The van der Waals surface area contributed by atoms with Gasteiger partial charge in [0.1, 0.15) is 0 Å². The molecule has 0 rings (SSSR count). The van der Waals surface area contributed by atoms with Crippen molar-refractivity contribution in [2.24, 2.45) is 0 Å². The maximum absolute atomic E-state index is 8.81. The summed E-state index contributed by atoms with van der Waals surface area (Å²) < 4.78 is 0. The van der Waals surface area contributed by atoms with Crippen LogP contribution in [0.25, 0.3) is 0 Å². The van der Waals surface area contributed by atoms with Gasteiger partial charge < -0.3 is 10.0 Å². The number of aliphatic hydroxyl groups excluding tert-OH is 1. The van der Waals surface area contributed by atoms with E-state index >= 15 is 0 Å². The van der Waals surface area contributed by atoms with Gasteiger partial charge in [0.25, 0.3) is 0 Å². The van der Waals surface area contributed by atoms with Gasteiger partial charge in [-0.2, -0.15) is 11.8 Å².